The molecule has 2 amide bonds. The van der Waals surface area contributed by atoms with E-state index in [4.69, 9.17) is 0 Å². The van der Waals surface area contributed by atoms with Crippen LogP contribution in [0.1, 0.15) is 35.6 Å². The Hall–Kier alpha value is -2.40. The number of carbonyl (C=O) groups excluding carboxylic acids is 1. The summed E-state index contributed by atoms with van der Waals surface area (Å²) < 4.78 is 13.5. The number of hydrogen-bond donors (Lipinski definition) is 1. The standard InChI is InChI=1S/C23H28FN3O/c1-25-15-17-5-4-13-26(16-17)23(28)27-14-12-18-6-2-3-7-21(18)22(27)19-8-10-20(24)11-9-19/h2-3,6-11,17,22,25H,4-5,12-16H2,1H3/t17-,22+/m1/s1. The largest absolute Gasteiger partial charge is 0.324 e. The van der Waals surface area contributed by atoms with E-state index in [0.29, 0.717) is 12.5 Å². The Bertz CT molecular complexity index is 821. The third-order valence-electron chi connectivity index (χ3n) is 6.00. The van der Waals surface area contributed by atoms with Crippen LogP contribution in [0.3, 0.4) is 0 Å². The van der Waals surface area contributed by atoms with Crippen LogP contribution in [0.2, 0.25) is 0 Å². The van der Waals surface area contributed by atoms with Crippen molar-refractivity contribution in [2.24, 2.45) is 5.92 Å². The Morgan fingerprint density at radius 3 is 2.71 bits per heavy atom. The first-order valence-electron chi connectivity index (χ1n) is 10.2. The van der Waals surface area contributed by atoms with Crippen molar-refractivity contribution in [1.82, 2.24) is 15.1 Å². The number of urea groups is 1. The molecule has 0 saturated carbocycles. The SMILES string of the molecule is CNC[C@H]1CCCN(C(=O)N2CCc3ccccc3[C@@H]2c2ccc(F)cc2)C1. The monoisotopic (exact) mass is 381 g/mol. The average molecular weight is 381 g/mol. The number of nitrogens with zero attached hydrogens (tertiary/aromatic N) is 2. The van der Waals surface area contributed by atoms with Gasteiger partial charge in [0.15, 0.2) is 0 Å². The van der Waals surface area contributed by atoms with E-state index in [9.17, 15) is 9.18 Å². The van der Waals surface area contributed by atoms with Gasteiger partial charge in [0.2, 0.25) is 0 Å². The first-order chi connectivity index (χ1) is 13.7. The minimum atomic E-state index is -0.253. The minimum Gasteiger partial charge on any atom is -0.324 e. The molecule has 2 atom stereocenters. The lowest BCUT2D eigenvalue weighted by molar-refractivity contribution is 0.115. The lowest BCUT2D eigenvalue weighted by atomic mass is 9.88. The van der Waals surface area contributed by atoms with Gasteiger partial charge in [-0.2, -0.15) is 0 Å². The second-order valence-corrected chi connectivity index (χ2v) is 7.89. The number of nitrogens with one attached hydrogen (secondary N) is 1. The van der Waals surface area contributed by atoms with Crippen molar-refractivity contribution in [3.05, 3.63) is 71.0 Å². The van der Waals surface area contributed by atoms with Crippen molar-refractivity contribution < 1.29 is 9.18 Å². The van der Waals surface area contributed by atoms with Gasteiger partial charge in [-0.3, -0.25) is 0 Å². The van der Waals surface area contributed by atoms with Crippen LogP contribution in [-0.2, 0) is 6.42 Å². The summed E-state index contributed by atoms with van der Waals surface area (Å²) in [5.41, 5.74) is 3.38. The predicted molar refractivity (Wildman–Crippen MR) is 109 cm³/mol. The molecule has 0 radical (unpaired) electrons. The smallest absolute Gasteiger partial charge is 0.320 e. The van der Waals surface area contributed by atoms with Gasteiger partial charge in [0.25, 0.3) is 0 Å². The number of benzene rings is 2. The van der Waals surface area contributed by atoms with Crippen molar-refractivity contribution in [1.29, 1.82) is 0 Å². The molecule has 2 aromatic carbocycles. The number of carbonyl (C=O) groups is 1. The molecule has 2 aliphatic heterocycles. The van der Waals surface area contributed by atoms with Gasteiger partial charge in [-0.05, 0) is 67.6 Å². The van der Waals surface area contributed by atoms with Crippen molar-refractivity contribution in [3.8, 4) is 0 Å². The normalized spacial score (nSPS) is 22.1. The van der Waals surface area contributed by atoms with E-state index < -0.39 is 0 Å². The predicted octanol–water partition coefficient (Wildman–Crippen LogP) is 3.82. The second-order valence-electron chi connectivity index (χ2n) is 7.89. The molecular formula is C23H28FN3O. The van der Waals surface area contributed by atoms with Gasteiger partial charge in [-0.15, -0.1) is 0 Å². The maximum Gasteiger partial charge on any atom is 0.320 e. The average Bonchev–Trinajstić information content (AvgIpc) is 2.73. The number of amides is 2. The molecule has 0 aromatic heterocycles. The fraction of sp³-hybridized carbons (Fsp3) is 0.435. The van der Waals surface area contributed by atoms with Crippen molar-refractivity contribution in [2.75, 3.05) is 33.2 Å². The summed E-state index contributed by atoms with van der Waals surface area (Å²) >= 11 is 0. The molecule has 0 aliphatic carbocycles. The van der Waals surface area contributed by atoms with Crippen molar-refractivity contribution in [3.63, 3.8) is 0 Å². The van der Waals surface area contributed by atoms with Crippen molar-refractivity contribution >= 4 is 6.03 Å². The van der Waals surface area contributed by atoms with Crippen LogP contribution >= 0.6 is 0 Å². The summed E-state index contributed by atoms with van der Waals surface area (Å²) in [5.74, 6) is 0.251. The fourth-order valence-corrected chi connectivity index (χ4v) is 4.65. The Labute approximate surface area is 166 Å². The molecule has 2 aromatic rings. The molecule has 5 heteroatoms. The molecule has 4 rings (SSSR count). The maximum atomic E-state index is 13.5. The van der Waals surface area contributed by atoms with E-state index in [1.807, 2.05) is 41.1 Å². The summed E-state index contributed by atoms with van der Waals surface area (Å²) in [7, 11) is 1.97. The van der Waals surface area contributed by atoms with Crippen LogP contribution in [0.4, 0.5) is 9.18 Å². The van der Waals surface area contributed by atoms with Gasteiger partial charge in [0.05, 0.1) is 6.04 Å². The maximum absolute atomic E-state index is 13.5. The van der Waals surface area contributed by atoms with Crippen LogP contribution in [0, 0.1) is 11.7 Å². The zero-order valence-corrected chi connectivity index (χ0v) is 16.4. The third kappa shape index (κ3) is 3.76. The van der Waals surface area contributed by atoms with E-state index in [1.165, 1.54) is 17.7 Å². The van der Waals surface area contributed by atoms with E-state index in [-0.39, 0.29) is 17.9 Å². The molecular weight excluding hydrogens is 353 g/mol. The molecule has 2 heterocycles. The number of fused-ring (bicyclic) bond motifs is 1. The summed E-state index contributed by atoms with van der Waals surface area (Å²) in [6.45, 7) is 3.24. The highest BCUT2D eigenvalue weighted by Crippen LogP contribution is 2.36. The van der Waals surface area contributed by atoms with Gasteiger partial charge in [0, 0.05) is 19.6 Å². The van der Waals surface area contributed by atoms with Gasteiger partial charge in [-0.1, -0.05) is 36.4 Å². The molecule has 0 unspecified atom stereocenters. The third-order valence-corrected chi connectivity index (χ3v) is 6.00. The van der Waals surface area contributed by atoms with Crippen LogP contribution in [-0.4, -0.2) is 49.1 Å². The van der Waals surface area contributed by atoms with Crippen LogP contribution < -0.4 is 5.32 Å². The highest BCUT2D eigenvalue weighted by molar-refractivity contribution is 5.76. The number of halogens is 1. The topological polar surface area (TPSA) is 35.6 Å². The molecule has 1 fully saturated rings. The fourth-order valence-electron chi connectivity index (χ4n) is 4.65. The van der Waals surface area contributed by atoms with Crippen LogP contribution in [0.15, 0.2) is 48.5 Å². The van der Waals surface area contributed by atoms with Crippen molar-refractivity contribution in [2.45, 2.75) is 25.3 Å². The van der Waals surface area contributed by atoms with Gasteiger partial charge >= 0.3 is 6.03 Å². The van der Waals surface area contributed by atoms with Gasteiger partial charge < -0.3 is 15.1 Å². The van der Waals surface area contributed by atoms with E-state index in [1.54, 1.807) is 0 Å². The first kappa shape index (κ1) is 18.9. The minimum absolute atomic E-state index is 0.102. The lowest BCUT2D eigenvalue weighted by Crippen LogP contribution is -2.51. The number of hydrogen-bond acceptors (Lipinski definition) is 2. The Morgan fingerprint density at radius 2 is 1.93 bits per heavy atom. The zero-order chi connectivity index (χ0) is 19.5. The molecule has 0 bridgehead atoms. The molecule has 1 saturated heterocycles. The Balaban J connectivity index is 1.65. The Kier molecular flexibility index (Phi) is 5.62. The number of likely N-dealkylation sites (tertiary alicyclic amines) is 1. The first-order valence-corrected chi connectivity index (χ1v) is 10.2. The molecule has 148 valence electrons. The highest BCUT2D eigenvalue weighted by atomic mass is 19.1. The number of rotatable bonds is 3. The molecule has 2 aliphatic rings. The summed E-state index contributed by atoms with van der Waals surface area (Å²) in [6, 6.07) is 14.8. The second kappa shape index (κ2) is 8.31. The molecule has 28 heavy (non-hydrogen) atoms. The van der Waals surface area contributed by atoms with E-state index in [0.717, 1.165) is 50.0 Å². The summed E-state index contributed by atoms with van der Waals surface area (Å²) in [5, 5.41) is 3.24. The zero-order valence-electron chi connectivity index (χ0n) is 16.4. The van der Waals surface area contributed by atoms with E-state index in [2.05, 4.69) is 17.4 Å². The summed E-state index contributed by atoms with van der Waals surface area (Å²) in [6.07, 6.45) is 3.06. The van der Waals surface area contributed by atoms with E-state index >= 15 is 0 Å². The molecule has 1 N–H and O–H groups in total. The lowest BCUT2D eigenvalue weighted by Gasteiger charge is -2.42. The molecule has 4 nitrogen and oxygen atoms in total. The van der Waals surface area contributed by atoms with Crippen LogP contribution in [0.25, 0.3) is 0 Å². The summed E-state index contributed by atoms with van der Waals surface area (Å²) in [4.78, 5) is 17.5. The van der Waals surface area contributed by atoms with Crippen LogP contribution in [0.5, 0.6) is 0 Å². The Morgan fingerprint density at radius 1 is 1.14 bits per heavy atom. The molecule has 0 spiro atoms. The highest BCUT2D eigenvalue weighted by Gasteiger charge is 2.35. The van der Waals surface area contributed by atoms with Gasteiger partial charge in [-0.25, -0.2) is 9.18 Å². The number of piperidine rings is 1. The van der Waals surface area contributed by atoms with Gasteiger partial charge in [0.1, 0.15) is 5.82 Å². The quantitative estimate of drug-likeness (QED) is 0.877.